The second-order valence-electron chi connectivity index (χ2n) is 10.1. The van der Waals surface area contributed by atoms with E-state index in [1.54, 1.807) is 28.1 Å². The molecule has 0 bridgehead atoms. The molecule has 41 heavy (non-hydrogen) atoms. The first-order chi connectivity index (χ1) is 19.7. The minimum absolute atomic E-state index is 0.0380. The highest BCUT2D eigenvalue weighted by atomic mass is 32.2. The minimum atomic E-state index is -0.809. The molecule has 0 radical (unpaired) electrons. The first kappa shape index (κ1) is 27.6. The molecule has 4 aromatic heterocycles. The summed E-state index contributed by atoms with van der Waals surface area (Å²) >= 11 is 3.32. The predicted octanol–water partition coefficient (Wildman–Crippen LogP) is 4.93. The highest BCUT2D eigenvalue weighted by Crippen LogP contribution is 2.38. The van der Waals surface area contributed by atoms with Gasteiger partial charge in [-0.1, -0.05) is 18.7 Å². The van der Waals surface area contributed by atoms with Crippen molar-refractivity contribution in [2.45, 2.75) is 56.2 Å². The number of imidazole rings is 1. The van der Waals surface area contributed by atoms with Gasteiger partial charge in [-0.25, -0.2) is 19.7 Å². The number of furan rings is 1. The third-order valence-electron chi connectivity index (χ3n) is 7.17. The van der Waals surface area contributed by atoms with Crippen molar-refractivity contribution in [2.24, 2.45) is 0 Å². The molecule has 1 unspecified atom stereocenters. The Kier molecular flexibility index (Phi) is 7.22. The van der Waals surface area contributed by atoms with Crippen LogP contribution in [0.15, 0.2) is 49.1 Å². The van der Waals surface area contributed by atoms with E-state index in [1.807, 2.05) is 20.8 Å². The number of ether oxygens (including phenoxy) is 1. The molecule has 3 atom stereocenters. The average molecular weight is 596 g/mol. The van der Waals surface area contributed by atoms with Gasteiger partial charge >= 0.3 is 5.63 Å². The maximum atomic E-state index is 12.0. The Balaban J connectivity index is 1.23. The van der Waals surface area contributed by atoms with Crippen LogP contribution in [0.5, 0.6) is 0 Å². The molecule has 214 valence electrons. The number of nitrogens with two attached hydrogens (primary N) is 1. The molecule has 0 amide bonds. The number of rotatable bonds is 8. The Morgan fingerprint density at radius 2 is 1.93 bits per heavy atom. The molecule has 5 heterocycles. The van der Waals surface area contributed by atoms with Crippen LogP contribution in [-0.4, -0.2) is 53.4 Å². The molecule has 6 rings (SSSR count). The molecule has 1 aliphatic heterocycles. The number of aliphatic hydroxyl groups excluding tert-OH is 2. The van der Waals surface area contributed by atoms with Crippen LogP contribution < -0.4 is 11.4 Å². The maximum absolute atomic E-state index is 12.0. The lowest BCUT2D eigenvalue weighted by atomic mass is 10.0. The van der Waals surface area contributed by atoms with Crippen molar-refractivity contribution in [1.29, 1.82) is 0 Å². The zero-order valence-electron chi connectivity index (χ0n) is 22.9. The van der Waals surface area contributed by atoms with Gasteiger partial charge in [0.2, 0.25) is 0 Å². The third-order valence-corrected chi connectivity index (χ3v) is 9.68. The van der Waals surface area contributed by atoms with Gasteiger partial charge in [0.1, 0.15) is 35.1 Å². The van der Waals surface area contributed by atoms with E-state index in [2.05, 4.69) is 23.0 Å². The topological polar surface area (TPSA) is 163 Å². The van der Waals surface area contributed by atoms with E-state index in [0.29, 0.717) is 21.9 Å². The largest absolute Gasteiger partial charge is 0.510 e. The van der Waals surface area contributed by atoms with Crippen LogP contribution in [0.25, 0.3) is 33.1 Å². The van der Waals surface area contributed by atoms with E-state index in [4.69, 9.17) is 24.3 Å². The molecule has 1 aliphatic rings. The van der Waals surface area contributed by atoms with Gasteiger partial charge in [0.15, 0.2) is 28.4 Å². The molecule has 5 aromatic rings. The maximum Gasteiger partial charge on any atom is 0.336 e. The summed E-state index contributed by atoms with van der Waals surface area (Å²) in [6, 6.07) is 3.57. The molecule has 13 heteroatoms. The SMILES string of the molecule is Cc1oc2c(C)c3oc(=O)cc(C)c3cc2c1CSCC(C)Sc1nc2c(N)ncnc2n1[C@H]1C=C(O)[C@@H](CO)O1. The van der Waals surface area contributed by atoms with Gasteiger partial charge in [-0.3, -0.25) is 4.57 Å². The number of aromatic nitrogens is 4. The van der Waals surface area contributed by atoms with Gasteiger partial charge in [0, 0.05) is 50.8 Å². The molecular weight excluding hydrogens is 566 g/mol. The monoisotopic (exact) mass is 595 g/mol. The number of aryl methyl sites for hydroxylation is 3. The van der Waals surface area contributed by atoms with Gasteiger partial charge in [0.25, 0.3) is 0 Å². The first-order valence-electron chi connectivity index (χ1n) is 13.0. The molecule has 0 saturated heterocycles. The highest BCUT2D eigenvalue weighted by molar-refractivity contribution is 8.03. The summed E-state index contributed by atoms with van der Waals surface area (Å²) in [7, 11) is 0. The Bertz CT molecular complexity index is 1890. The standard InChI is InChI=1S/C28H29N5O6S2/c1-12-5-22(36)39-24-14(3)25-17(6-16(12)24)18(15(4)37-25)10-40-9-13(2)41-28-32-23-26(29)30-11-31-27(23)33(28)21-7-19(35)20(8-34)38-21/h5-7,11,13,20-21,34-35H,8-10H2,1-4H3,(H2,29,30,31)/t13?,20-,21-/m1/s1. The van der Waals surface area contributed by atoms with Gasteiger partial charge in [0.05, 0.1) is 6.61 Å². The Morgan fingerprint density at radius 3 is 2.68 bits per heavy atom. The quantitative estimate of drug-likeness (QED) is 0.164. The smallest absolute Gasteiger partial charge is 0.336 e. The lowest BCUT2D eigenvalue weighted by Crippen LogP contribution is -2.19. The molecule has 0 spiro atoms. The number of hydrogen-bond donors (Lipinski definition) is 3. The summed E-state index contributed by atoms with van der Waals surface area (Å²) in [4.78, 5) is 25.1. The molecule has 0 aliphatic carbocycles. The van der Waals surface area contributed by atoms with Crippen molar-refractivity contribution in [1.82, 2.24) is 19.5 Å². The van der Waals surface area contributed by atoms with E-state index in [0.717, 1.165) is 50.3 Å². The normalized spacial score (nSPS) is 18.1. The molecule has 1 aromatic carbocycles. The Morgan fingerprint density at radius 1 is 1.15 bits per heavy atom. The molecule has 11 nitrogen and oxygen atoms in total. The minimum Gasteiger partial charge on any atom is -0.510 e. The number of thioether (sulfide) groups is 2. The molecule has 0 fully saturated rings. The van der Waals surface area contributed by atoms with Crippen LogP contribution in [0.1, 0.15) is 35.6 Å². The van der Waals surface area contributed by atoms with Gasteiger partial charge < -0.3 is 29.5 Å². The van der Waals surface area contributed by atoms with E-state index in [1.165, 1.54) is 18.5 Å². The zero-order valence-corrected chi connectivity index (χ0v) is 24.5. The number of hydrogen-bond acceptors (Lipinski definition) is 12. The summed E-state index contributed by atoms with van der Waals surface area (Å²) < 4.78 is 19.3. The van der Waals surface area contributed by atoms with Gasteiger partial charge in [-0.05, 0) is 32.4 Å². The fourth-order valence-electron chi connectivity index (χ4n) is 5.09. The highest BCUT2D eigenvalue weighted by Gasteiger charge is 2.32. The van der Waals surface area contributed by atoms with Crippen LogP contribution in [0.4, 0.5) is 5.82 Å². The van der Waals surface area contributed by atoms with E-state index in [-0.39, 0.29) is 29.1 Å². The molecule has 0 saturated carbocycles. The van der Waals surface area contributed by atoms with Crippen LogP contribution in [0.2, 0.25) is 0 Å². The number of nitrogens with zero attached hydrogens (tertiary/aromatic N) is 4. The fraction of sp³-hybridized carbons (Fsp3) is 0.357. The lowest BCUT2D eigenvalue weighted by molar-refractivity contribution is -0.0248. The van der Waals surface area contributed by atoms with E-state index >= 15 is 0 Å². The fourth-order valence-corrected chi connectivity index (χ4v) is 7.47. The summed E-state index contributed by atoms with van der Waals surface area (Å²) in [6.07, 6.45) is 1.40. The Hall–Kier alpha value is -3.52. The van der Waals surface area contributed by atoms with Crippen molar-refractivity contribution in [2.75, 3.05) is 18.1 Å². The number of aliphatic hydroxyl groups is 2. The number of fused-ring (bicyclic) bond motifs is 3. The van der Waals surface area contributed by atoms with Crippen molar-refractivity contribution >= 4 is 62.4 Å². The van der Waals surface area contributed by atoms with Crippen LogP contribution in [-0.2, 0) is 10.5 Å². The first-order valence-corrected chi connectivity index (χ1v) is 15.1. The van der Waals surface area contributed by atoms with Gasteiger partial charge in [-0.2, -0.15) is 11.8 Å². The average Bonchev–Trinajstić information content (AvgIpc) is 3.58. The number of benzene rings is 1. The van der Waals surface area contributed by atoms with Crippen LogP contribution in [0.3, 0.4) is 0 Å². The lowest BCUT2D eigenvalue weighted by Gasteiger charge is -2.18. The van der Waals surface area contributed by atoms with Crippen molar-refractivity contribution in [3.8, 4) is 0 Å². The van der Waals surface area contributed by atoms with Crippen LogP contribution >= 0.6 is 23.5 Å². The summed E-state index contributed by atoms with van der Waals surface area (Å²) in [5.74, 6) is 2.59. The van der Waals surface area contributed by atoms with E-state index < -0.39 is 12.3 Å². The summed E-state index contributed by atoms with van der Waals surface area (Å²) in [5, 5.41) is 22.4. The van der Waals surface area contributed by atoms with Crippen molar-refractivity contribution < 1.29 is 23.8 Å². The zero-order chi connectivity index (χ0) is 29.0. The Labute approximate surface area is 242 Å². The van der Waals surface area contributed by atoms with E-state index in [9.17, 15) is 15.0 Å². The molecular formula is C28H29N5O6S2. The van der Waals surface area contributed by atoms with Gasteiger partial charge in [-0.15, -0.1) is 0 Å². The van der Waals surface area contributed by atoms with Crippen LogP contribution in [0, 0.1) is 20.8 Å². The summed E-state index contributed by atoms with van der Waals surface area (Å²) in [5.41, 5.74) is 10.8. The second kappa shape index (κ2) is 10.7. The number of anilines is 1. The van der Waals surface area contributed by atoms with Crippen molar-refractivity contribution in [3.05, 3.63) is 63.2 Å². The second-order valence-corrected chi connectivity index (χ2v) is 12.5. The third kappa shape index (κ3) is 4.86. The predicted molar refractivity (Wildman–Crippen MR) is 159 cm³/mol. The summed E-state index contributed by atoms with van der Waals surface area (Å²) in [6.45, 7) is 7.55. The van der Waals surface area contributed by atoms with Crippen molar-refractivity contribution in [3.63, 3.8) is 0 Å². The number of nitrogen functional groups attached to an aromatic ring is 1. The molecule has 4 N–H and O–H groups in total.